The van der Waals surface area contributed by atoms with Gasteiger partial charge in [-0.15, -0.1) is 0 Å². The van der Waals surface area contributed by atoms with Crippen molar-refractivity contribution in [2.45, 2.75) is 39.2 Å². The van der Waals surface area contributed by atoms with Crippen LogP contribution in [0.4, 0.5) is 9.18 Å². The van der Waals surface area contributed by atoms with E-state index >= 15 is 0 Å². The molecule has 0 fully saturated rings. The number of carbonyl (C=O) groups is 2. The minimum absolute atomic E-state index is 0.176. The molecule has 5 nitrogen and oxygen atoms in total. The number of methoxy groups -OCH3 is 1. The monoisotopic (exact) mass is 311 g/mol. The van der Waals surface area contributed by atoms with Crippen LogP contribution in [-0.4, -0.2) is 31.1 Å². The number of carbonyl (C=O) groups excluding carboxylic acids is 2. The van der Waals surface area contributed by atoms with E-state index in [1.54, 1.807) is 20.8 Å². The topological polar surface area (TPSA) is 64.6 Å². The number of nitrogens with one attached hydrogen (secondary N) is 1. The molecule has 122 valence electrons. The maximum atomic E-state index is 13.2. The van der Waals surface area contributed by atoms with Gasteiger partial charge in [0.1, 0.15) is 17.2 Å². The fourth-order valence-corrected chi connectivity index (χ4v) is 1.79. The second-order valence-electron chi connectivity index (χ2n) is 5.80. The normalized spacial score (nSPS) is 11.0. The summed E-state index contributed by atoms with van der Waals surface area (Å²) in [7, 11) is 1.42. The van der Waals surface area contributed by atoms with E-state index in [0.29, 0.717) is 18.7 Å². The predicted molar refractivity (Wildman–Crippen MR) is 80.8 cm³/mol. The first-order valence-corrected chi connectivity index (χ1v) is 7.06. The largest absolute Gasteiger partial charge is 0.496 e. The van der Waals surface area contributed by atoms with Crippen LogP contribution in [0.1, 0.15) is 44.0 Å². The maximum Gasteiger partial charge on any atom is 0.407 e. The van der Waals surface area contributed by atoms with Crippen LogP contribution < -0.4 is 10.1 Å². The summed E-state index contributed by atoms with van der Waals surface area (Å²) in [6, 6.07) is 3.81. The van der Waals surface area contributed by atoms with E-state index in [1.165, 1.54) is 19.2 Å². The highest BCUT2D eigenvalue weighted by Crippen LogP contribution is 2.21. The molecular weight excluding hydrogens is 289 g/mol. The maximum absolute atomic E-state index is 13.2. The van der Waals surface area contributed by atoms with Crippen LogP contribution in [0.2, 0.25) is 0 Å². The molecule has 6 heteroatoms. The van der Waals surface area contributed by atoms with E-state index in [2.05, 4.69) is 5.32 Å². The molecular formula is C16H22FNO4. The van der Waals surface area contributed by atoms with Crippen molar-refractivity contribution in [1.29, 1.82) is 0 Å². The van der Waals surface area contributed by atoms with Gasteiger partial charge in [0, 0.05) is 13.0 Å². The molecule has 1 aromatic rings. The first-order chi connectivity index (χ1) is 10.2. The molecule has 0 spiro atoms. The van der Waals surface area contributed by atoms with E-state index in [1.807, 2.05) is 0 Å². The van der Waals surface area contributed by atoms with Crippen molar-refractivity contribution in [2.75, 3.05) is 13.7 Å². The third-order valence-corrected chi connectivity index (χ3v) is 2.71. The third-order valence-electron chi connectivity index (χ3n) is 2.71. The van der Waals surface area contributed by atoms with E-state index in [9.17, 15) is 14.0 Å². The lowest BCUT2D eigenvalue weighted by Gasteiger charge is -2.19. The molecule has 1 N–H and O–H groups in total. The molecule has 0 unspecified atom stereocenters. The van der Waals surface area contributed by atoms with Crippen LogP contribution in [-0.2, 0) is 4.74 Å². The summed E-state index contributed by atoms with van der Waals surface area (Å²) >= 11 is 0. The van der Waals surface area contributed by atoms with Crippen LogP contribution in [0.5, 0.6) is 5.75 Å². The van der Waals surface area contributed by atoms with Gasteiger partial charge in [0.2, 0.25) is 0 Å². The van der Waals surface area contributed by atoms with Crippen molar-refractivity contribution < 1.29 is 23.5 Å². The molecule has 1 rings (SSSR count). The predicted octanol–water partition coefficient (Wildman–Crippen LogP) is 3.32. The number of hydrogen-bond donors (Lipinski definition) is 1. The Morgan fingerprint density at radius 1 is 1.27 bits per heavy atom. The number of halogens is 1. The van der Waals surface area contributed by atoms with Crippen molar-refractivity contribution >= 4 is 11.9 Å². The number of alkyl carbamates (subject to hydrolysis) is 1. The lowest BCUT2D eigenvalue weighted by molar-refractivity contribution is 0.0525. The van der Waals surface area contributed by atoms with E-state index in [-0.39, 0.29) is 17.8 Å². The minimum Gasteiger partial charge on any atom is -0.496 e. The molecule has 0 aromatic heterocycles. The highest BCUT2D eigenvalue weighted by Gasteiger charge is 2.16. The summed E-state index contributed by atoms with van der Waals surface area (Å²) in [4.78, 5) is 23.5. The van der Waals surface area contributed by atoms with Crippen molar-refractivity contribution in [1.82, 2.24) is 5.32 Å². The molecule has 0 atom stereocenters. The van der Waals surface area contributed by atoms with Crippen molar-refractivity contribution in [3.63, 3.8) is 0 Å². The van der Waals surface area contributed by atoms with Crippen LogP contribution in [0.3, 0.4) is 0 Å². The number of ketones is 1. The van der Waals surface area contributed by atoms with Crippen molar-refractivity contribution in [3.8, 4) is 5.75 Å². The van der Waals surface area contributed by atoms with Crippen molar-refractivity contribution in [3.05, 3.63) is 29.6 Å². The van der Waals surface area contributed by atoms with Crippen LogP contribution >= 0.6 is 0 Å². The number of hydrogen-bond acceptors (Lipinski definition) is 4. The Bertz CT molecular complexity index is 537. The smallest absolute Gasteiger partial charge is 0.407 e. The lowest BCUT2D eigenvalue weighted by Crippen LogP contribution is -2.33. The van der Waals surface area contributed by atoms with E-state index < -0.39 is 17.5 Å². The lowest BCUT2D eigenvalue weighted by atomic mass is 10.1. The highest BCUT2D eigenvalue weighted by atomic mass is 19.1. The fraction of sp³-hybridized carbons (Fsp3) is 0.500. The minimum atomic E-state index is -0.561. The molecule has 0 radical (unpaired) electrons. The van der Waals surface area contributed by atoms with Gasteiger partial charge in [-0.25, -0.2) is 9.18 Å². The zero-order valence-corrected chi connectivity index (χ0v) is 13.4. The Morgan fingerprint density at radius 3 is 2.55 bits per heavy atom. The van der Waals surface area contributed by atoms with Crippen molar-refractivity contribution in [2.24, 2.45) is 0 Å². The average molecular weight is 311 g/mol. The molecule has 0 heterocycles. The van der Waals surface area contributed by atoms with Gasteiger partial charge < -0.3 is 14.8 Å². The molecule has 0 saturated heterocycles. The highest BCUT2D eigenvalue weighted by molar-refractivity contribution is 5.98. The van der Waals surface area contributed by atoms with E-state index in [4.69, 9.17) is 9.47 Å². The second kappa shape index (κ2) is 7.77. The van der Waals surface area contributed by atoms with Gasteiger partial charge in [-0.1, -0.05) is 0 Å². The number of rotatable bonds is 6. The van der Waals surface area contributed by atoms with Gasteiger partial charge in [-0.2, -0.15) is 0 Å². The molecule has 1 amide bonds. The molecule has 0 aliphatic rings. The zero-order valence-electron chi connectivity index (χ0n) is 13.4. The molecule has 22 heavy (non-hydrogen) atoms. The molecule has 0 aliphatic heterocycles. The summed E-state index contributed by atoms with van der Waals surface area (Å²) in [5, 5.41) is 2.57. The van der Waals surface area contributed by atoms with Crippen LogP contribution in [0.25, 0.3) is 0 Å². The van der Waals surface area contributed by atoms with Gasteiger partial charge in [-0.05, 0) is 45.4 Å². The summed E-state index contributed by atoms with van der Waals surface area (Å²) in [6.07, 6.45) is 0.0798. The number of amides is 1. The molecule has 0 saturated carbocycles. The summed E-state index contributed by atoms with van der Waals surface area (Å²) < 4.78 is 23.3. The van der Waals surface area contributed by atoms with Gasteiger partial charge >= 0.3 is 6.09 Å². The van der Waals surface area contributed by atoms with Gasteiger partial charge in [0.25, 0.3) is 0 Å². The standard InChI is InChI=1S/C16H22FNO4/c1-16(2,3)22-15(20)18-9-5-6-13(19)12-10-11(17)7-8-14(12)21-4/h7-8,10H,5-6,9H2,1-4H3,(H,18,20). The SMILES string of the molecule is COc1ccc(F)cc1C(=O)CCCNC(=O)OC(C)(C)C. The Kier molecular flexibility index (Phi) is 6.34. The summed E-state index contributed by atoms with van der Waals surface area (Å²) in [5.41, 5.74) is -0.353. The molecule has 1 aromatic carbocycles. The number of Topliss-reactive ketones (excluding diaryl/α,β-unsaturated/α-hetero) is 1. The third kappa shape index (κ3) is 6.11. The number of benzene rings is 1. The van der Waals surface area contributed by atoms with Crippen LogP contribution in [0.15, 0.2) is 18.2 Å². The average Bonchev–Trinajstić information content (AvgIpc) is 2.41. The van der Waals surface area contributed by atoms with Gasteiger partial charge in [-0.3, -0.25) is 4.79 Å². The Hall–Kier alpha value is -2.11. The van der Waals surface area contributed by atoms with Crippen LogP contribution in [0, 0.1) is 5.82 Å². The first kappa shape index (κ1) is 17.9. The molecule has 0 aliphatic carbocycles. The molecule has 0 bridgehead atoms. The van der Waals surface area contributed by atoms with Gasteiger partial charge in [0.05, 0.1) is 12.7 Å². The second-order valence-corrected chi connectivity index (χ2v) is 5.80. The van der Waals surface area contributed by atoms with Gasteiger partial charge in [0.15, 0.2) is 5.78 Å². The quantitative estimate of drug-likeness (QED) is 0.646. The summed E-state index contributed by atoms with van der Waals surface area (Å²) in [6.45, 7) is 5.61. The zero-order chi connectivity index (χ0) is 16.8. The summed E-state index contributed by atoms with van der Waals surface area (Å²) in [5.74, 6) is -0.384. The fourth-order valence-electron chi connectivity index (χ4n) is 1.79. The first-order valence-electron chi connectivity index (χ1n) is 7.06. The Balaban J connectivity index is 2.44. The Labute approximate surface area is 129 Å². The number of ether oxygens (including phenoxy) is 2. The Morgan fingerprint density at radius 2 is 1.95 bits per heavy atom. The van der Waals surface area contributed by atoms with E-state index in [0.717, 1.165) is 6.07 Å².